The van der Waals surface area contributed by atoms with Gasteiger partial charge in [-0.05, 0) is 68.3 Å². The molecule has 1 aromatic rings. The molecular formula is C19H28ClFN2O2. The molecule has 0 aliphatic carbocycles. The fourth-order valence-corrected chi connectivity index (χ4v) is 3.84. The van der Waals surface area contributed by atoms with Crippen molar-refractivity contribution in [2.24, 2.45) is 11.8 Å². The number of hydrogen-bond acceptors (Lipinski definition) is 3. The molecule has 2 aliphatic rings. The highest BCUT2D eigenvalue weighted by Gasteiger charge is 2.28. The summed E-state index contributed by atoms with van der Waals surface area (Å²) in [6.07, 6.45) is 3.82. The molecule has 25 heavy (non-hydrogen) atoms. The molecule has 2 saturated heterocycles. The van der Waals surface area contributed by atoms with Crippen molar-refractivity contribution in [2.75, 3.05) is 26.2 Å². The number of rotatable bonds is 5. The first-order chi connectivity index (χ1) is 11.6. The largest absolute Gasteiger partial charge is 0.388 e. The first-order valence-corrected chi connectivity index (χ1v) is 9.05. The minimum atomic E-state index is -0.576. The number of nitrogens with zero attached hydrogens (tertiary/aromatic N) is 1. The van der Waals surface area contributed by atoms with Crippen molar-refractivity contribution in [2.45, 2.75) is 38.2 Å². The van der Waals surface area contributed by atoms with E-state index in [4.69, 9.17) is 0 Å². The second-order valence-corrected chi connectivity index (χ2v) is 7.11. The molecule has 0 saturated carbocycles. The number of piperidine rings is 1. The van der Waals surface area contributed by atoms with Gasteiger partial charge in [-0.1, -0.05) is 12.1 Å². The van der Waals surface area contributed by atoms with Crippen LogP contribution in [0.3, 0.4) is 0 Å². The lowest BCUT2D eigenvalue weighted by molar-refractivity contribution is -0.133. The van der Waals surface area contributed by atoms with Crippen LogP contribution in [0.25, 0.3) is 0 Å². The van der Waals surface area contributed by atoms with Crippen LogP contribution in [0.4, 0.5) is 4.39 Å². The Kier molecular flexibility index (Phi) is 7.66. The highest BCUT2D eigenvalue weighted by molar-refractivity contribution is 5.85. The smallest absolute Gasteiger partial charge is 0.222 e. The standard InChI is InChI=1S/C19H27FN2O2.ClH/c20-17-4-2-15(3-5-17)19(24)16-8-11-22(12-9-16)18(23)6-1-14-7-10-21-13-14;/h2-5,14,16,19,21,24H,1,6-13H2;1H. The topological polar surface area (TPSA) is 52.6 Å². The Balaban J connectivity index is 0.00000225. The van der Waals surface area contributed by atoms with E-state index < -0.39 is 6.10 Å². The molecule has 2 atom stereocenters. The summed E-state index contributed by atoms with van der Waals surface area (Å²) in [7, 11) is 0. The van der Waals surface area contributed by atoms with Crippen LogP contribution < -0.4 is 5.32 Å². The molecule has 0 radical (unpaired) electrons. The maximum absolute atomic E-state index is 13.0. The van der Waals surface area contributed by atoms with Gasteiger partial charge in [-0.25, -0.2) is 4.39 Å². The molecule has 6 heteroatoms. The van der Waals surface area contributed by atoms with Crippen LogP contribution in [-0.4, -0.2) is 42.1 Å². The number of amides is 1. The molecule has 2 fully saturated rings. The van der Waals surface area contributed by atoms with E-state index in [0.717, 1.165) is 37.9 Å². The summed E-state index contributed by atoms with van der Waals surface area (Å²) in [5.74, 6) is 0.741. The van der Waals surface area contributed by atoms with E-state index in [9.17, 15) is 14.3 Å². The Hall–Kier alpha value is -1.17. The lowest BCUT2D eigenvalue weighted by atomic mass is 9.87. The Morgan fingerprint density at radius 1 is 1.24 bits per heavy atom. The highest BCUT2D eigenvalue weighted by atomic mass is 35.5. The number of aliphatic hydroxyl groups is 1. The number of carbonyl (C=O) groups excluding carboxylic acids is 1. The van der Waals surface area contributed by atoms with E-state index in [1.807, 2.05) is 4.90 Å². The lowest BCUT2D eigenvalue weighted by Gasteiger charge is -2.34. The maximum atomic E-state index is 13.0. The zero-order chi connectivity index (χ0) is 16.9. The van der Waals surface area contributed by atoms with E-state index >= 15 is 0 Å². The van der Waals surface area contributed by atoms with Gasteiger partial charge in [0.05, 0.1) is 6.10 Å². The molecule has 2 unspecified atom stereocenters. The summed E-state index contributed by atoms with van der Waals surface area (Å²) in [6, 6.07) is 6.06. The average Bonchev–Trinajstić information content (AvgIpc) is 3.13. The van der Waals surface area contributed by atoms with Crippen molar-refractivity contribution in [1.29, 1.82) is 0 Å². The number of benzene rings is 1. The fraction of sp³-hybridized carbons (Fsp3) is 0.632. The summed E-state index contributed by atoms with van der Waals surface area (Å²) in [6.45, 7) is 3.54. The predicted molar refractivity (Wildman–Crippen MR) is 98.1 cm³/mol. The maximum Gasteiger partial charge on any atom is 0.222 e. The van der Waals surface area contributed by atoms with Gasteiger partial charge in [0.2, 0.25) is 5.91 Å². The Bertz CT molecular complexity index is 541. The number of hydrogen-bond donors (Lipinski definition) is 2. The SMILES string of the molecule is Cl.O=C(CCC1CCNC1)N1CCC(C(O)c2ccc(F)cc2)CC1. The van der Waals surface area contributed by atoms with Crippen LogP contribution in [0.5, 0.6) is 0 Å². The molecule has 1 aromatic carbocycles. The van der Waals surface area contributed by atoms with Crippen LogP contribution in [0.1, 0.15) is 43.8 Å². The number of nitrogens with one attached hydrogen (secondary N) is 1. The van der Waals surface area contributed by atoms with E-state index in [1.54, 1.807) is 12.1 Å². The summed E-state index contributed by atoms with van der Waals surface area (Å²) < 4.78 is 13.0. The normalized spacial score (nSPS) is 22.5. The van der Waals surface area contributed by atoms with E-state index in [-0.39, 0.29) is 30.0 Å². The second kappa shape index (κ2) is 9.51. The molecule has 140 valence electrons. The molecular weight excluding hydrogens is 343 g/mol. The van der Waals surface area contributed by atoms with Crippen molar-refractivity contribution in [3.05, 3.63) is 35.6 Å². The van der Waals surface area contributed by atoms with Crippen molar-refractivity contribution in [3.8, 4) is 0 Å². The first-order valence-electron chi connectivity index (χ1n) is 9.05. The number of aliphatic hydroxyl groups excluding tert-OH is 1. The van der Waals surface area contributed by atoms with Crippen molar-refractivity contribution < 1.29 is 14.3 Å². The molecule has 2 aliphatic heterocycles. The average molecular weight is 371 g/mol. The van der Waals surface area contributed by atoms with E-state index in [0.29, 0.717) is 25.4 Å². The van der Waals surface area contributed by atoms with Crippen molar-refractivity contribution >= 4 is 18.3 Å². The van der Waals surface area contributed by atoms with Crippen molar-refractivity contribution in [1.82, 2.24) is 10.2 Å². The molecule has 4 nitrogen and oxygen atoms in total. The summed E-state index contributed by atoms with van der Waals surface area (Å²) in [5.41, 5.74) is 0.759. The quantitative estimate of drug-likeness (QED) is 0.838. The third kappa shape index (κ3) is 5.40. The van der Waals surface area contributed by atoms with Crippen LogP contribution in [0, 0.1) is 17.7 Å². The Labute approximate surface area is 155 Å². The lowest BCUT2D eigenvalue weighted by Crippen LogP contribution is -2.39. The summed E-state index contributed by atoms with van der Waals surface area (Å²) in [5, 5.41) is 13.8. The van der Waals surface area contributed by atoms with Gasteiger partial charge in [-0.2, -0.15) is 0 Å². The van der Waals surface area contributed by atoms with E-state index in [1.165, 1.54) is 18.6 Å². The molecule has 2 heterocycles. The van der Waals surface area contributed by atoms with Gasteiger partial charge in [-0.15, -0.1) is 12.4 Å². The number of carbonyl (C=O) groups is 1. The van der Waals surface area contributed by atoms with Gasteiger partial charge < -0.3 is 15.3 Å². The first kappa shape index (κ1) is 20.1. The second-order valence-electron chi connectivity index (χ2n) is 7.11. The van der Waals surface area contributed by atoms with E-state index in [2.05, 4.69) is 5.32 Å². The Morgan fingerprint density at radius 3 is 2.52 bits per heavy atom. The van der Waals surface area contributed by atoms with Gasteiger partial charge in [0, 0.05) is 19.5 Å². The van der Waals surface area contributed by atoms with Gasteiger partial charge in [0.25, 0.3) is 0 Å². The highest BCUT2D eigenvalue weighted by Crippen LogP contribution is 2.31. The predicted octanol–water partition coefficient (Wildman–Crippen LogP) is 2.91. The van der Waals surface area contributed by atoms with Crippen LogP contribution in [0.15, 0.2) is 24.3 Å². The van der Waals surface area contributed by atoms with Gasteiger partial charge in [0.1, 0.15) is 5.82 Å². The third-order valence-electron chi connectivity index (χ3n) is 5.48. The zero-order valence-corrected chi connectivity index (χ0v) is 15.3. The molecule has 0 spiro atoms. The van der Waals surface area contributed by atoms with Gasteiger partial charge in [-0.3, -0.25) is 4.79 Å². The van der Waals surface area contributed by atoms with Crippen LogP contribution in [-0.2, 0) is 4.79 Å². The molecule has 3 rings (SSSR count). The van der Waals surface area contributed by atoms with Gasteiger partial charge >= 0.3 is 0 Å². The third-order valence-corrected chi connectivity index (χ3v) is 5.48. The zero-order valence-electron chi connectivity index (χ0n) is 14.5. The summed E-state index contributed by atoms with van der Waals surface area (Å²) >= 11 is 0. The molecule has 2 N–H and O–H groups in total. The number of halogens is 2. The summed E-state index contributed by atoms with van der Waals surface area (Å²) in [4.78, 5) is 14.3. The molecule has 0 bridgehead atoms. The van der Waals surface area contributed by atoms with Crippen LogP contribution in [0.2, 0.25) is 0 Å². The monoisotopic (exact) mass is 370 g/mol. The number of likely N-dealkylation sites (tertiary alicyclic amines) is 1. The van der Waals surface area contributed by atoms with Crippen molar-refractivity contribution in [3.63, 3.8) is 0 Å². The molecule has 1 amide bonds. The molecule has 0 aromatic heterocycles. The Morgan fingerprint density at radius 2 is 1.92 bits per heavy atom. The van der Waals surface area contributed by atoms with Gasteiger partial charge in [0.15, 0.2) is 0 Å². The minimum absolute atomic E-state index is 0. The van der Waals surface area contributed by atoms with Crippen LogP contribution >= 0.6 is 12.4 Å². The minimum Gasteiger partial charge on any atom is -0.388 e. The fourth-order valence-electron chi connectivity index (χ4n) is 3.84.